The van der Waals surface area contributed by atoms with Crippen molar-refractivity contribution in [2.45, 2.75) is 32.7 Å². The largest absolute Gasteiger partial charge is 0.493 e. The summed E-state index contributed by atoms with van der Waals surface area (Å²) in [5.41, 5.74) is 1.62. The number of rotatable bonds is 6. The van der Waals surface area contributed by atoms with Gasteiger partial charge in [0.1, 0.15) is 5.01 Å². The van der Waals surface area contributed by atoms with E-state index in [0.29, 0.717) is 29.6 Å². The van der Waals surface area contributed by atoms with Crippen molar-refractivity contribution >= 4 is 27.5 Å². The minimum absolute atomic E-state index is 0.0143. The number of para-hydroxylation sites is 1. The monoisotopic (exact) mass is 410 g/mol. The summed E-state index contributed by atoms with van der Waals surface area (Å²) in [6.45, 7) is 5.54. The highest BCUT2D eigenvalue weighted by Gasteiger charge is 2.33. The van der Waals surface area contributed by atoms with Gasteiger partial charge in [0.15, 0.2) is 11.5 Å². The van der Waals surface area contributed by atoms with E-state index in [-0.39, 0.29) is 11.9 Å². The van der Waals surface area contributed by atoms with Crippen LogP contribution in [-0.2, 0) is 0 Å². The van der Waals surface area contributed by atoms with Gasteiger partial charge in [-0.2, -0.15) is 0 Å². The predicted molar refractivity (Wildman–Crippen MR) is 116 cm³/mol. The summed E-state index contributed by atoms with van der Waals surface area (Å²) < 4.78 is 12.5. The summed E-state index contributed by atoms with van der Waals surface area (Å²) in [6.07, 6.45) is 1.93. The summed E-state index contributed by atoms with van der Waals surface area (Å²) in [5.74, 6) is 1.69. The number of likely N-dealkylation sites (tertiary alicyclic amines) is 1. The quantitative estimate of drug-likeness (QED) is 0.552. The molecule has 1 saturated heterocycles. The standard InChI is InChI=1S/C23H26N2O3S/c1-15(2)14-28-19-11-10-16(13-20(19)27-3)23(26)25-12-6-8-18(25)22-24-17-7-4-5-9-21(17)29-22/h4-5,7,9-11,13,15,18H,6,8,12,14H2,1-3H3. The summed E-state index contributed by atoms with van der Waals surface area (Å²) in [6, 6.07) is 13.6. The van der Waals surface area contributed by atoms with Crippen molar-refractivity contribution < 1.29 is 14.3 Å². The van der Waals surface area contributed by atoms with Crippen LogP contribution in [0.5, 0.6) is 11.5 Å². The Morgan fingerprint density at radius 1 is 1.24 bits per heavy atom. The van der Waals surface area contributed by atoms with Crippen LogP contribution in [0, 0.1) is 5.92 Å². The Bertz CT molecular complexity index is 981. The molecule has 3 aromatic rings. The molecule has 29 heavy (non-hydrogen) atoms. The number of carbonyl (C=O) groups excluding carboxylic acids is 1. The lowest BCUT2D eigenvalue weighted by Crippen LogP contribution is -2.30. The average Bonchev–Trinajstić information content (AvgIpc) is 3.38. The van der Waals surface area contributed by atoms with Crippen LogP contribution in [0.4, 0.5) is 0 Å². The Balaban J connectivity index is 1.57. The molecule has 0 radical (unpaired) electrons. The molecule has 0 N–H and O–H groups in total. The number of benzene rings is 2. The first-order valence-corrected chi connectivity index (χ1v) is 10.9. The fourth-order valence-corrected chi connectivity index (χ4v) is 4.76. The Morgan fingerprint density at radius 3 is 2.83 bits per heavy atom. The van der Waals surface area contributed by atoms with E-state index in [9.17, 15) is 4.79 Å². The maximum Gasteiger partial charge on any atom is 0.254 e. The van der Waals surface area contributed by atoms with Crippen LogP contribution in [0.2, 0.25) is 0 Å². The van der Waals surface area contributed by atoms with E-state index < -0.39 is 0 Å². The Kier molecular flexibility index (Phi) is 5.72. The van der Waals surface area contributed by atoms with Gasteiger partial charge < -0.3 is 14.4 Å². The van der Waals surface area contributed by atoms with Gasteiger partial charge in [-0.25, -0.2) is 4.98 Å². The van der Waals surface area contributed by atoms with E-state index in [1.807, 2.05) is 35.2 Å². The summed E-state index contributed by atoms with van der Waals surface area (Å²) in [7, 11) is 1.60. The first-order valence-electron chi connectivity index (χ1n) is 10.0. The van der Waals surface area contributed by atoms with E-state index in [0.717, 1.165) is 34.6 Å². The van der Waals surface area contributed by atoms with E-state index in [4.69, 9.17) is 14.5 Å². The predicted octanol–water partition coefficient (Wildman–Crippen LogP) is 5.32. The van der Waals surface area contributed by atoms with Crippen molar-refractivity contribution in [3.05, 3.63) is 53.0 Å². The zero-order valence-electron chi connectivity index (χ0n) is 17.1. The first-order chi connectivity index (χ1) is 14.1. The highest BCUT2D eigenvalue weighted by molar-refractivity contribution is 7.18. The van der Waals surface area contributed by atoms with Crippen molar-refractivity contribution in [1.82, 2.24) is 9.88 Å². The molecular weight excluding hydrogens is 384 g/mol. The van der Waals surface area contributed by atoms with Crippen LogP contribution in [0.3, 0.4) is 0 Å². The van der Waals surface area contributed by atoms with Gasteiger partial charge in [0.25, 0.3) is 5.91 Å². The number of fused-ring (bicyclic) bond motifs is 1. The van der Waals surface area contributed by atoms with Gasteiger partial charge in [-0.1, -0.05) is 26.0 Å². The summed E-state index contributed by atoms with van der Waals surface area (Å²) >= 11 is 1.68. The van der Waals surface area contributed by atoms with Crippen LogP contribution in [0.15, 0.2) is 42.5 Å². The molecule has 4 rings (SSSR count). The van der Waals surface area contributed by atoms with Crippen molar-refractivity contribution in [3.8, 4) is 11.5 Å². The normalized spacial score (nSPS) is 16.6. The molecule has 0 spiro atoms. The second-order valence-electron chi connectivity index (χ2n) is 7.75. The van der Waals surface area contributed by atoms with Crippen LogP contribution < -0.4 is 9.47 Å². The lowest BCUT2D eigenvalue weighted by Gasteiger charge is -2.23. The number of aromatic nitrogens is 1. The molecule has 1 aliphatic rings. The molecule has 1 aliphatic heterocycles. The first kappa shape index (κ1) is 19.7. The van der Waals surface area contributed by atoms with Gasteiger partial charge in [-0.15, -0.1) is 11.3 Å². The third kappa shape index (κ3) is 4.08. The number of ether oxygens (including phenoxy) is 2. The highest BCUT2D eigenvalue weighted by Crippen LogP contribution is 2.38. The second kappa shape index (κ2) is 8.41. The van der Waals surface area contributed by atoms with Crippen molar-refractivity contribution in [2.75, 3.05) is 20.3 Å². The number of methoxy groups -OCH3 is 1. The number of thiazole rings is 1. The van der Waals surface area contributed by atoms with Gasteiger partial charge >= 0.3 is 0 Å². The second-order valence-corrected chi connectivity index (χ2v) is 8.81. The molecule has 1 amide bonds. The smallest absolute Gasteiger partial charge is 0.254 e. The van der Waals surface area contributed by atoms with Gasteiger partial charge in [0, 0.05) is 12.1 Å². The van der Waals surface area contributed by atoms with Gasteiger partial charge in [-0.05, 0) is 49.1 Å². The van der Waals surface area contributed by atoms with Crippen LogP contribution in [0.25, 0.3) is 10.2 Å². The Morgan fingerprint density at radius 2 is 2.07 bits per heavy atom. The molecule has 2 aromatic carbocycles. The van der Waals surface area contributed by atoms with Crippen LogP contribution in [0.1, 0.15) is 48.1 Å². The van der Waals surface area contributed by atoms with Crippen molar-refractivity contribution in [2.24, 2.45) is 5.92 Å². The minimum Gasteiger partial charge on any atom is -0.493 e. The van der Waals surface area contributed by atoms with Gasteiger partial charge in [0.05, 0.1) is 30.0 Å². The Labute approximate surface area is 175 Å². The third-order valence-electron chi connectivity index (χ3n) is 5.09. The van der Waals surface area contributed by atoms with Crippen LogP contribution in [-0.4, -0.2) is 36.1 Å². The SMILES string of the molecule is COc1cc(C(=O)N2CCCC2c2nc3ccccc3s2)ccc1OCC(C)C. The molecule has 1 atom stereocenters. The molecule has 1 aromatic heterocycles. The molecular formula is C23H26N2O3S. The number of nitrogens with zero attached hydrogens (tertiary/aromatic N) is 2. The fourth-order valence-electron chi connectivity index (χ4n) is 3.64. The zero-order chi connectivity index (χ0) is 20.4. The van der Waals surface area contributed by atoms with E-state index in [2.05, 4.69) is 19.9 Å². The fraction of sp³-hybridized carbons (Fsp3) is 0.391. The average molecular weight is 411 g/mol. The molecule has 6 heteroatoms. The maximum absolute atomic E-state index is 13.3. The molecule has 1 fully saturated rings. The van der Waals surface area contributed by atoms with Gasteiger partial charge in [0.2, 0.25) is 0 Å². The Hall–Kier alpha value is -2.60. The van der Waals surface area contributed by atoms with E-state index >= 15 is 0 Å². The molecule has 2 heterocycles. The maximum atomic E-state index is 13.3. The molecule has 152 valence electrons. The minimum atomic E-state index is 0.0143. The lowest BCUT2D eigenvalue weighted by atomic mass is 10.1. The molecule has 0 aliphatic carbocycles. The summed E-state index contributed by atoms with van der Waals surface area (Å²) in [4.78, 5) is 20.0. The molecule has 1 unspecified atom stereocenters. The molecule has 0 bridgehead atoms. The third-order valence-corrected chi connectivity index (χ3v) is 6.23. The topological polar surface area (TPSA) is 51.7 Å². The number of hydrogen-bond donors (Lipinski definition) is 0. The van der Waals surface area contributed by atoms with Gasteiger partial charge in [-0.3, -0.25) is 4.79 Å². The molecule has 5 nitrogen and oxygen atoms in total. The number of carbonyl (C=O) groups is 1. The van der Waals surface area contributed by atoms with E-state index in [1.54, 1.807) is 24.5 Å². The number of amides is 1. The lowest BCUT2D eigenvalue weighted by molar-refractivity contribution is 0.0735. The van der Waals surface area contributed by atoms with Crippen molar-refractivity contribution in [1.29, 1.82) is 0 Å². The van der Waals surface area contributed by atoms with Crippen molar-refractivity contribution in [3.63, 3.8) is 0 Å². The molecule has 0 saturated carbocycles. The zero-order valence-corrected chi connectivity index (χ0v) is 17.9. The highest BCUT2D eigenvalue weighted by atomic mass is 32.1. The van der Waals surface area contributed by atoms with E-state index in [1.165, 1.54) is 0 Å². The van der Waals surface area contributed by atoms with Crippen LogP contribution >= 0.6 is 11.3 Å². The number of hydrogen-bond acceptors (Lipinski definition) is 5. The summed E-state index contributed by atoms with van der Waals surface area (Å²) in [5, 5.41) is 1.01.